The molecule has 3 nitrogen and oxygen atoms in total. The Hall–Kier alpha value is -0.480. The Bertz CT molecular complexity index is 459. The van der Waals surface area contributed by atoms with Crippen LogP contribution in [0.5, 0.6) is 0 Å². The highest BCUT2D eigenvalue weighted by Crippen LogP contribution is 2.48. The van der Waals surface area contributed by atoms with Crippen molar-refractivity contribution in [1.29, 1.82) is 0 Å². The number of halogens is 3. The SMILES string of the molecule is CC(N)CCNC(=O)C1CC1c1cc(Cl)cc(Cl)c1.Cl. The smallest absolute Gasteiger partial charge is 0.223 e. The summed E-state index contributed by atoms with van der Waals surface area (Å²) < 4.78 is 0. The number of nitrogens with one attached hydrogen (secondary N) is 1. The van der Waals surface area contributed by atoms with E-state index in [1.165, 1.54) is 0 Å². The molecule has 1 aromatic rings. The average Bonchev–Trinajstić information content (AvgIpc) is 3.06. The Morgan fingerprint density at radius 1 is 1.40 bits per heavy atom. The molecule has 0 spiro atoms. The lowest BCUT2D eigenvalue weighted by molar-refractivity contribution is -0.122. The Balaban J connectivity index is 0.00000200. The fourth-order valence-corrected chi connectivity index (χ4v) is 2.74. The van der Waals surface area contributed by atoms with Crippen molar-refractivity contribution in [2.24, 2.45) is 11.7 Å². The molecule has 1 aliphatic rings. The summed E-state index contributed by atoms with van der Waals surface area (Å²) in [6, 6.07) is 5.58. The standard InChI is InChI=1S/C14H18Cl2N2O.ClH/c1-8(17)2-3-18-14(19)13-7-12(13)9-4-10(15)6-11(16)5-9;/h4-6,8,12-13H,2-3,7,17H2,1H3,(H,18,19);1H. The van der Waals surface area contributed by atoms with Gasteiger partial charge < -0.3 is 11.1 Å². The van der Waals surface area contributed by atoms with Crippen LogP contribution in [0.15, 0.2) is 18.2 Å². The molecule has 1 aliphatic carbocycles. The van der Waals surface area contributed by atoms with Crippen molar-refractivity contribution >= 4 is 41.5 Å². The number of rotatable bonds is 5. The molecule has 6 heteroatoms. The number of hydrogen-bond donors (Lipinski definition) is 2. The maximum absolute atomic E-state index is 11.9. The van der Waals surface area contributed by atoms with Crippen LogP contribution < -0.4 is 11.1 Å². The molecule has 2 rings (SSSR count). The zero-order valence-corrected chi connectivity index (χ0v) is 13.6. The summed E-state index contributed by atoms with van der Waals surface area (Å²) in [5.41, 5.74) is 6.69. The molecular weight excluding hydrogens is 319 g/mol. The van der Waals surface area contributed by atoms with E-state index >= 15 is 0 Å². The van der Waals surface area contributed by atoms with Gasteiger partial charge in [-0.2, -0.15) is 0 Å². The van der Waals surface area contributed by atoms with Crippen LogP contribution in [0.4, 0.5) is 0 Å². The van der Waals surface area contributed by atoms with Gasteiger partial charge in [-0.05, 0) is 49.4 Å². The lowest BCUT2D eigenvalue weighted by Gasteiger charge is -2.07. The number of hydrogen-bond acceptors (Lipinski definition) is 2. The van der Waals surface area contributed by atoms with Crippen LogP contribution in [0.3, 0.4) is 0 Å². The molecule has 3 unspecified atom stereocenters. The first-order chi connectivity index (χ1) is 8.97. The first-order valence-electron chi connectivity index (χ1n) is 6.46. The molecule has 1 fully saturated rings. The molecule has 0 heterocycles. The minimum atomic E-state index is 0. The van der Waals surface area contributed by atoms with Crippen molar-refractivity contribution in [2.75, 3.05) is 6.54 Å². The molecule has 0 aliphatic heterocycles. The maximum atomic E-state index is 11.9. The molecule has 0 bridgehead atoms. The number of benzene rings is 1. The van der Waals surface area contributed by atoms with Crippen molar-refractivity contribution in [1.82, 2.24) is 5.32 Å². The number of nitrogens with two attached hydrogens (primary N) is 1. The van der Waals surface area contributed by atoms with Crippen LogP contribution >= 0.6 is 35.6 Å². The summed E-state index contributed by atoms with van der Waals surface area (Å²) in [6.07, 6.45) is 1.66. The van der Waals surface area contributed by atoms with Gasteiger partial charge >= 0.3 is 0 Å². The van der Waals surface area contributed by atoms with Crippen molar-refractivity contribution in [3.05, 3.63) is 33.8 Å². The molecule has 1 amide bonds. The van der Waals surface area contributed by atoms with Crippen LogP contribution in [0.25, 0.3) is 0 Å². The van der Waals surface area contributed by atoms with E-state index in [1.54, 1.807) is 6.07 Å². The Morgan fingerprint density at radius 2 is 2.00 bits per heavy atom. The highest BCUT2D eigenvalue weighted by atomic mass is 35.5. The molecule has 3 N–H and O–H groups in total. The largest absolute Gasteiger partial charge is 0.356 e. The van der Waals surface area contributed by atoms with E-state index in [-0.39, 0.29) is 36.2 Å². The molecular formula is C14H19Cl3N2O. The average molecular weight is 338 g/mol. The lowest BCUT2D eigenvalue weighted by Crippen LogP contribution is -2.30. The normalized spacial score (nSPS) is 21.8. The molecule has 1 saturated carbocycles. The summed E-state index contributed by atoms with van der Waals surface area (Å²) in [4.78, 5) is 11.9. The maximum Gasteiger partial charge on any atom is 0.223 e. The minimum absolute atomic E-state index is 0. The van der Waals surface area contributed by atoms with E-state index < -0.39 is 0 Å². The van der Waals surface area contributed by atoms with Gasteiger partial charge in [0.25, 0.3) is 0 Å². The molecule has 3 atom stereocenters. The Kier molecular flexibility index (Phi) is 6.59. The molecule has 0 radical (unpaired) electrons. The van der Waals surface area contributed by atoms with Crippen molar-refractivity contribution in [3.63, 3.8) is 0 Å². The summed E-state index contributed by atoms with van der Waals surface area (Å²) in [6.45, 7) is 2.57. The van der Waals surface area contributed by atoms with E-state index in [2.05, 4.69) is 5.32 Å². The second-order valence-corrected chi connectivity index (χ2v) is 6.08. The highest BCUT2D eigenvalue weighted by Gasteiger charge is 2.43. The zero-order chi connectivity index (χ0) is 14.0. The highest BCUT2D eigenvalue weighted by molar-refractivity contribution is 6.34. The van der Waals surface area contributed by atoms with E-state index in [0.29, 0.717) is 16.6 Å². The van der Waals surface area contributed by atoms with Crippen LogP contribution in [-0.2, 0) is 4.79 Å². The second-order valence-electron chi connectivity index (χ2n) is 5.21. The molecule has 0 saturated heterocycles. The third-order valence-corrected chi connectivity index (χ3v) is 3.78. The van der Waals surface area contributed by atoms with Gasteiger partial charge in [-0.1, -0.05) is 23.2 Å². The summed E-state index contributed by atoms with van der Waals surface area (Å²) in [5.74, 6) is 0.385. The van der Waals surface area contributed by atoms with Gasteiger partial charge in [-0.25, -0.2) is 0 Å². The van der Waals surface area contributed by atoms with Crippen molar-refractivity contribution < 1.29 is 4.79 Å². The second kappa shape index (κ2) is 7.51. The number of carbonyl (C=O) groups is 1. The molecule has 112 valence electrons. The minimum Gasteiger partial charge on any atom is -0.356 e. The first-order valence-corrected chi connectivity index (χ1v) is 7.22. The fraction of sp³-hybridized carbons (Fsp3) is 0.500. The van der Waals surface area contributed by atoms with Gasteiger partial charge in [0, 0.05) is 28.5 Å². The summed E-state index contributed by atoms with van der Waals surface area (Å²) >= 11 is 11.9. The van der Waals surface area contributed by atoms with Gasteiger partial charge in [-0.15, -0.1) is 12.4 Å². The van der Waals surface area contributed by atoms with Crippen molar-refractivity contribution in [2.45, 2.75) is 31.7 Å². The van der Waals surface area contributed by atoms with Crippen molar-refractivity contribution in [3.8, 4) is 0 Å². The fourth-order valence-electron chi connectivity index (χ4n) is 2.20. The van der Waals surface area contributed by atoms with Gasteiger partial charge in [0.15, 0.2) is 0 Å². The van der Waals surface area contributed by atoms with E-state index in [9.17, 15) is 4.79 Å². The number of amides is 1. The third-order valence-electron chi connectivity index (χ3n) is 3.34. The number of carbonyl (C=O) groups excluding carboxylic acids is 1. The van der Waals surface area contributed by atoms with Gasteiger partial charge in [-0.3, -0.25) is 4.79 Å². The predicted octanol–water partition coefficient (Wildman–Crippen LogP) is 3.37. The van der Waals surface area contributed by atoms with Gasteiger partial charge in [0.05, 0.1) is 0 Å². The molecule has 1 aromatic carbocycles. The quantitative estimate of drug-likeness (QED) is 0.865. The third kappa shape index (κ3) is 4.81. The molecule has 0 aromatic heterocycles. The van der Waals surface area contributed by atoms with Crippen LogP contribution in [0.1, 0.15) is 31.2 Å². The summed E-state index contributed by atoms with van der Waals surface area (Å²) in [5, 5.41) is 4.15. The van der Waals surface area contributed by atoms with Crippen LogP contribution in [0.2, 0.25) is 10.0 Å². The Labute approximate surface area is 135 Å². The first kappa shape index (κ1) is 17.6. The van der Waals surface area contributed by atoms with E-state index in [1.807, 2.05) is 19.1 Å². The van der Waals surface area contributed by atoms with E-state index in [4.69, 9.17) is 28.9 Å². The molecule has 20 heavy (non-hydrogen) atoms. The summed E-state index contributed by atoms with van der Waals surface area (Å²) in [7, 11) is 0. The predicted molar refractivity (Wildman–Crippen MR) is 85.8 cm³/mol. The zero-order valence-electron chi connectivity index (χ0n) is 11.2. The van der Waals surface area contributed by atoms with E-state index in [0.717, 1.165) is 18.4 Å². The lowest BCUT2D eigenvalue weighted by atomic mass is 10.1. The monoisotopic (exact) mass is 336 g/mol. The van der Waals surface area contributed by atoms with Crippen LogP contribution in [0, 0.1) is 5.92 Å². The topological polar surface area (TPSA) is 55.1 Å². The van der Waals surface area contributed by atoms with Crippen LogP contribution in [-0.4, -0.2) is 18.5 Å². The van der Waals surface area contributed by atoms with Gasteiger partial charge in [0.2, 0.25) is 5.91 Å². The van der Waals surface area contributed by atoms with Gasteiger partial charge in [0.1, 0.15) is 0 Å². The Morgan fingerprint density at radius 3 is 2.55 bits per heavy atom.